The van der Waals surface area contributed by atoms with Crippen LogP contribution in [-0.4, -0.2) is 37.9 Å². The molecule has 2 aliphatic rings. The predicted octanol–water partition coefficient (Wildman–Crippen LogP) is 2.97. The van der Waals surface area contributed by atoms with E-state index in [9.17, 15) is 8.42 Å². The first-order valence-electron chi connectivity index (χ1n) is 7.38. The topological polar surface area (TPSA) is 49.4 Å². The van der Waals surface area contributed by atoms with E-state index in [1.807, 2.05) is 6.92 Å². The van der Waals surface area contributed by atoms with Crippen molar-refractivity contribution in [3.8, 4) is 0 Å². The molecule has 2 bridgehead atoms. The van der Waals surface area contributed by atoms with Gasteiger partial charge in [-0.25, -0.2) is 8.42 Å². The number of benzene rings is 1. The van der Waals surface area contributed by atoms with Gasteiger partial charge in [0.25, 0.3) is 0 Å². The van der Waals surface area contributed by atoms with Crippen LogP contribution in [0.3, 0.4) is 0 Å². The fourth-order valence-corrected chi connectivity index (χ4v) is 5.39. The summed E-state index contributed by atoms with van der Waals surface area (Å²) in [6.07, 6.45) is 4.11. The SMILES string of the molecule is Cc1ccc(Cl)cc1S(=O)(=O)N(C)C1CC2CCC(C1)N2.Cl. The molecule has 0 radical (unpaired) electrons. The zero-order valence-electron chi connectivity index (χ0n) is 12.8. The summed E-state index contributed by atoms with van der Waals surface area (Å²) >= 11 is 5.98. The van der Waals surface area contributed by atoms with Gasteiger partial charge in [0.2, 0.25) is 10.0 Å². The smallest absolute Gasteiger partial charge is 0.243 e. The highest BCUT2D eigenvalue weighted by Gasteiger charge is 2.39. The molecule has 2 saturated heterocycles. The highest BCUT2D eigenvalue weighted by atomic mass is 35.5. The van der Waals surface area contributed by atoms with Crippen LogP contribution in [0.15, 0.2) is 23.1 Å². The van der Waals surface area contributed by atoms with Crippen molar-refractivity contribution >= 4 is 34.0 Å². The number of halogens is 2. The van der Waals surface area contributed by atoms with Gasteiger partial charge in [-0.05, 0) is 50.3 Å². The van der Waals surface area contributed by atoms with Crippen molar-refractivity contribution in [2.45, 2.75) is 55.6 Å². The molecule has 2 aliphatic heterocycles. The van der Waals surface area contributed by atoms with Gasteiger partial charge < -0.3 is 5.32 Å². The molecule has 2 heterocycles. The average Bonchev–Trinajstić information content (AvgIpc) is 2.79. The highest BCUT2D eigenvalue weighted by Crippen LogP contribution is 2.32. The minimum absolute atomic E-state index is 0. The largest absolute Gasteiger partial charge is 0.311 e. The van der Waals surface area contributed by atoms with E-state index in [0.29, 0.717) is 22.0 Å². The monoisotopic (exact) mass is 364 g/mol. The van der Waals surface area contributed by atoms with Crippen LogP contribution in [0.1, 0.15) is 31.2 Å². The number of hydrogen-bond acceptors (Lipinski definition) is 3. The van der Waals surface area contributed by atoms with Crippen LogP contribution in [-0.2, 0) is 10.0 Å². The zero-order chi connectivity index (χ0) is 15.2. The van der Waals surface area contributed by atoms with E-state index in [0.717, 1.165) is 31.2 Å². The third-order valence-electron chi connectivity index (χ3n) is 4.77. The van der Waals surface area contributed by atoms with Crippen molar-refractivity contribution in [1.82, 2.24) is 9.62 Å². The highest BCUT2D eigenvalue weighted by molar-refractivity contribution is 7.89. The molecule has 0 spiro atoms. The molecule has 124 valence electrons. The van der Waals surface area contributed by atoms with Gasteiger partial charge in [0.1, 0.15) is 0 Å². The zero-order valence-corrected chi connectivity index (χ0v) is 15.1. The predicted molar refractivity (Wildman–Crippen MR) is 91.4 cm³/mol. The summed E-state index contributed by atoms with van der Waals surface area (Å²) < 4.78 is 27.3. The maximum atomic E-state index is 12.9. The molecule has 0 aromatic heterocycles. The van der Waals surface area contributed by atoms with E-state index in [1.165, 1.54) is 0 Å². The van der Waals surface area contributed by atoms with Gasteiger partial charge >= 0.3 is 0 Å². The Hall–Kier alpha value is -0.330. The van der Waals surface area contributed by atoms with E-state index in [2.05, 4.69) is 5.32 Å². The summed E-state index contributed by atoms with van der Waals surface area (Å²) in [5.74, 6) is 0. The summed E-state index contributed by atoms with van der Waals surface area (Å²) in [5.41, 5.74) is 0.739. The first-order valence-corrected chi connectivity index (χ1v) is 9.20. The molecule has 7 heteroatoms. The summed E-state index contributed by atoms with van der Waals surface area (Å²) in [7, 11) is -1.79. The first kappa shape index (κ1) is 18.0. The lowest BCUT2D eigenvalue weighted by Crippen LogP contribution is -2.48. The second-order valence-electron chi connectivity index (χ2n) is 6.19. The van der Waals surface area contributed by atoms with Crippen LogP contribution in [0.25, 0.3) is 0 Å². The molecule has 1 N–H and O–H groups in total. The number of nitrogens with zero attached hydrogens (tertiary/aromatic N) is 1. The molecule has 2 fully saturated rings. The third-order valence-corrected chi connectivity index (χ3v) is 7.06. The maximum Gasteiger partial charge on any atom is 0.243 e. The number of aryl methyl sites for hydroxylation is 1. The molecule has 22 heavy (non-hydrogen) atoms. The molecule has 0 aliphatic carbocycles. The van der Waals surface area contributed by atoms with Crippen molar-refractivity contribution in [3.05, 3.63) is 28.8 Å². The number of sulfonamides is 1. The molecule has 0 saturated carbocycles. The minimum Gasteiger partial charge on any atom is -0.311 e. The third kappa shape index (κ3) is 3.29. The second-order valence-corrected chi connectivity index (χ2v) is 8.60. The van der Waals surface area contributed by atoms with Crippen LogP contribution in [0.4, 0.5) is 0 Å². The number of nitrogens with one attached hydrogen (secondary N) is 1. The van der Waals surface area contributed by atoms with Gasteiger partial charge in [-0.1, -0.05) is 17.7 Å². The van der Waals surface area contributed by atoms with Crippen molar-refractivity contribution < 1.29 is 8.42 Å². The average molecular weight is 365 g/mol. The Balaban J connectivity index is 0.00000176. The molecule has 2 unspecified atom stereocenters. The molecule has 2 atom stereocenters. The fourth-order valence-electron chi connectivity index (χ4n) is 3.53. The second kappa shape index (κ2) is 6.65. The van der Waals surface area contributed by atoms with E-state index in [-0.39, 0.29) is 18.4 Å². The molecule has 0 amide bonds. The van der Waals surface area contributed by atoms with Crippen molar-refractivity contribution in [2.75, 3.05) is 7.05 Å². The van der Waals surface area contributed by atoms with E-state index < -0.39 is 10.0 Å². The number of fused-ring (bicyclic) bond motifs is 2. The van der Waals surface area contributed by atoms with Crippen molar-refractivity contribution in [1.29, 1.82) is 0 Å². The molecule has 4 nitrogen and oxygen atoms in total. The molecule has 1 aromatic rings. The Kier molecular flexibility index (Phi) is 5.45. The Labute approximate surface area is 143 Å². The van der Waals surface area contributed by atoms with Gasteiger partial charge in [0.05, 0.1) is 4.90 Å². The number of rotatable bonds is 3. The Morgan fingerprint density at radius 3 is 2.41 bits per heavy atom. The van der Waals surface area contributed by atoms with Gasteiger partial charge in [-0.2, -0.15) is 4.31 Å². The normalized spacial score (nSPS) is 27.7. The van der Waals surface area contributed by atoms with Gasteiger partial charge in [-0.15, -0.1) is 12.4 Å². The number of hydrogen-bond donors (Lipinski definition) is 1. The lowest BCUT2D eigenvalue weighted by Gasteiger charge is -2.35. The van der Waals surface area contributed by atoms with Crippen LogP contribution >= 0.6 is 24.0 Å². The van der Waals surface area contributed by atoms with E-state index in [1.54, 1.807) is 29.6 Å². The first-order chi connectivity index (χ1) is 9.88. The summed E-state index contributed by atoms with van der Waals surface area (Å²) in [5, 5.41) is 4.00. The van der Waals surface area contributed by atoms with Crippen molar-refractivity contribution in [2.24, 2.45) is 0 Å². The minimum atomic E-state index is -3.49. The summed E-state index contributed by atoms with van der Waals surface area (Å²) in [6.45, 7) is 1.81. The lowest BCUT2D eigenvalue weighted by molar-refractivity contribution is 0.251. The Morgan fingerprint density at radius 1 is 1.23 bits per heavy atom. The summed E-state index contributed by atoms with van der Waals surface area (Å²) in [4.78, 5) is 0.323. The lowest BCUT2D eigenvalue weighted by atomic mass is 10.0. The Morgan fingerprint density at radius 2 is 1.82 bits per heavy atom. The maximum absolute atomic E-state index is 12.9. The molecule has 1 aromatic carbocycles. The van der Waals surface area contributed by atoms with Crippen LogP contribution in [0, 0.1) is 6.92 Å². The van der Waals surface area contributed by atoms with Crippen molar-refractivity contribution in [3.63, 3.8) is 0 Å². The molecule has 3 rings (SSSR count). The van der Waals surface area contributed by atoms with Crippen LogP contribution < -0.4 is 5.32 Å². The van der Waals surface area contributed by atoms with Crippen LogP contribution in [0.5, 0.6) is 0 Å². The standard InChI is InChI=1S/C15H21ClN2O2S.ClH/c1-10-3-4-11(16)7-15(10)21(19,20)18(2)14-8-12-5-6-13(9-14)17-12;/h3-4,7,12-14,17H,5-6,8-9H2,1-2H3;1H. The number of piperidine rings is 1. The molecular formula is C15H22Cl2N2O2S. The Bertz CT molecular complexity index is 639. The van der Waals surface area contributed by atoms with E-state index in [4.69, 9.17) is 11.6 Å². The fraction of sp³-hybridized carbons (Fsp3) is 0.600. The van der Waals surface area contributed by atoms with E-state index >= 15 is 0 Å². The van der Waals surface area contributed by atoms with Crippen LogP contribution in [0.2, 0.25) is 5.02 Å². The van der Waals surface area contributed by atoms with Gasteiger partial charge in [0.15, 0.2) is 0 Å². The van der Waals surface area contributed by atoms with Gasteiger partial charge in [0, 0.05) is 30.2 Å². The quantitative estimate of drug-likeness (QED) is 0.896. The van der Waals surface area contributed by atoms with Gasteiger partial charge in [-0.3, -0.25) is 0 Å². The molecular weight excluding hydrogens is 343 g/mol. The summed E-state index contributed by atoms with van der Waals surface area (Å²) in [6, 6.07) is 6.04.